The standard InChI is InChI=1S/C27H31N5O4/c1-4-30(27(34)20-8-6-5-7-9-20)19-26(33)32-16-14-31(15-17-32)25-13-11-22(28-29-25)21-10-12-23(35-2)24(18-21)36-3/h5-13,18H,4,14-17,19H2,1-3H3. The third-order valence-corrected chi connectivity index (χ3v) is 6.30. The normalized spacial score (nSPS) is 13.3. The Labute approximate surface area is 211 Å². The van der Waals surface area contributed by atoms with Gasteiger partial charge < -0.3 is 24.2 Å². The first-order valence-electron chi connectivity index (χ1n) is 12.0. The summed E-state index contributed by atoms with van der Waals surface area (Å²) in [5, 5.41) is 8.81. The molecule has 9 heteroatoms. The van der Waals surface area contributed by atoms with Crippen LogP contribution in [-0.2, 0) is 4.79 Å². The number of anilines is 1. The highest BCUT2D eigenvalue weighted by atomic mass is 16.5. The molecular weight excluding hydrogens is 458 g/mol. The van der Waals surface area contributed by atoms with Gasteiger partial charge in [-0.3, -0.25) is 9.59 Å². The van der Waals surface area contributed by atoms with Crippen molar-refractivity contribution < 1.29 is 19.1 Å². The molecule has 4 rings (SSSR count). The Hall–Kier alpha value is -4.14. The molecule has 0 bridgehead atoms. The average Bonchev–Trinajstić information content (AvgIpc) is 2.95. The van der Waals surface area contributed by atoms with Gasteiger partial charge in [0.15, 0.2) is 17.3 Å². The molecule has 0 saturated carbocycles. The lowest BCUT2D eigenvalue weighted by Crippen LogP contribution is -2.52. The number of hydrogen-bond donors (Lipinski definition) is 0. The maximum Gasteiger partial charge on any atom is 0.254 e. The molecular formula is C27H31N5O4. The molecule has 0 spiro atoms. The van der Waals surface area contributed by atoms with Crippen molar-refractivity contribution in [2.75, 3.05) is 58.4 Å². The molecule has 0 radical (unpaired) electrons. The third-order valence-electron chi connectivity index (χ3n) is 6.30. The van der Waals surface area contributed by atoms with Crippen LogP contribution in [0.3, 0.4) is 0 Å². The molecule has 1 aliphatic heterocycles. The summed E-state index contributed by atoms with van der Waals surface area (Å²) in [4.78, 5) is 31.2. The Kier molecular flexibility index (Phi) is 7.99. The van der Waals surface area contributed by atoms with Crippen LogP contribution in [0.4, 0.5) is 5.82 Å². The Morgan fingerprint density at radius 2 is 1.61 bits per heavy atom. The summed E-state index contributed by atoms with van der Waals surface area (Å²) in [5.74, 6) is 1.88. The van der Waals surface area contributed by atoms with Crippen LogP contribution in [0.5, 0.6) is 11.5 Å². The molecule has 1 aliphatic rings. The van der Waals surface area contributed by atoms with E-state index in [0.29, 0.717) is 49.8 Å². The van der Waals surface area contributed by atoms with E-state index in [1.165, 1.54) is 0 Å². The number of ether oxygens (including phenoxy) is 2. The molecule has 1 aromatic heterocycles. The first kappa shape index (κ1) is 25.0. The lowest BCUT2D eigenvalue weighted by atomic mass is 10.1. The summed E-state index contributed by atoms with van der Waals surface area (Å²) >= 11 is 0. The maximum absolute atomic E-state index is 12.9. The van der Waals surface area contributed by atoms with E-state index >= 15 is 0 Å². The van der Waals surface area contributed by atoms with Crippen molar-refractivity contribution in [3.8, 4) is 22.8 Å². The topological polar surface area (TPSA) is 88.1 Å². The average molecular weight is 490 g/mol. The predicted octanol–water partition coefficient (Wildman–Crippen LogP) is 2.97. The third kappa shape index (κ3) is 5.56. The van der Waals surface area contributed by atoms with Crippen LogP contribution >= 0.6 is 0 Å². The highest BCUT2D eigenvalue weighted by Gasteiger charge is 2.25. The van der Waals surface area contributed by atoms with E-state index in [9.17, 15) is 9.59 Å². The highest BCUT2D eigenvalue weighted by molar-refractivity contribution is 5.96. The van der Waals surface area contributed by atoms with E-state index in [4.69, 9.17) is 9.47 Å². The van der Waals surface area contributed by atoms with Crippen LogP contribution < -0.4 is 14.4 Å². The quantitative estimate of drug-likeness (QED) is 0.481. The van der Waals surface area contributed by atoms with Crippen molar-refractivity contribution in [2.24, 2.45) is 0 Å². The van der Waals surface area contributed by atoms with E-state index in [1.54, 1.807) is 31.3 Å². The zero-order chi connectivity index (χ0) is 25.5. The molecule has 2 amide bonds. The van der Waals surface area contributed by atoms with Crippen molar-refractivity contribution in [1.82, 2.24) is 20.0 Å². The second kappa shape index (κ2) is 11.5. The van der Waals surface area contributed by atoms with Gasteiger partial charge in [-0.1, -0.05) is 18.2 Å². The lowest BCUT2D eigenvalue weighted by molar-refractivity contribution is -0.132. The van der Waals surface area contributed by atoms with Gasteiger partial charge >= 0.3 is 0 Å². The van der Waals surface area contributed by atoms with Crippen molar-refractivity contribution in [2.45, 2.75) is 6.92 Å². The summed E-state index contributed by atoms with van der Waals surface area (Å²) in [6.45, 7) is 4.86. The molecule has 0 atom stereocenters. The number of benzene rings is 2. The smallest absolute Gasteiger partial charge is 0.254 e. The van der Waals surface area contributed by atoms with E-state index in [-0.39, 0.29) is 18.4 Å². The van der Waals surface area contributed by atoms with E-state index < -0.39 is 0 Å². The fourth-order valence-corrected chi connectivity index (χ4v) is 4.18. The minimum Gasteiger partial charge on any atom is -0.493 e. The van der Waals surface area contributed by atoms with Gasteiger partial charge in [-0.15, -0.1) is 10.2 Å². The zero-order valence-corrected chi connectivity index (χ0v) is 20.9. The highest BCUT2D eigenvalue weighted by Crippen LogP contribution is 2.31. The van der Waals surface area contributed by atoms with Gasteiger partial charge in [0.25, 0.3) is 5.91 Å². The number of rotatable bonds is 8. The van der Waals surface area contributed by atoms with Crippen molar-refractivity contribution in [1.29, 1.82) is 0 Å². The zero-order valence-electron chi connectivity index (χ0n) is 20.9. The van der Waals surface area contributed by atoms with Crippen LogP contribution in [0.2, 0.25) is 0 Å². The minimum absolute atomic E-state index is 0.0457. The fraction of sp³-hybridized carbons (Fsp3) is 0.333. The second-order valence-corrected chi connectivity index (χ2v) is 8.40. The molecule has 9 nitrogen and oxygen atoms in total. The van der Waals surface area contributed by atoms with Crippen molar-refractivity contribution in [3.63, 3.8) is 0 Å². The number of aromatic nitrogens is 2. The molecule has 0 aliphatic carbocycles. The van der Waals surface area contributed by atoms with Crippen molar-refractivity contribution in [3.05, 3.63) is 66.2 Å². The number of piperazine rings is 1. The van der Waals surface area contributed by atoms with Gasteiger partial charge in [0.1, 0.15) is 6.54 Å². The van der Waals surface area contributed by atoms with E-state index in [1.807, 2.05) is 60.4 Å². The van der Waals surface area contributed by atoms with Gasteiger partial charge in [-0.05, 0) is 49.4 Å². The number of carbonyl (C=O) groups excluding carboxylic acids is 2. The van der Waals surface area contributed by atoms with Gasteiger partial charge in [0.2, 0.25) is 5.91 Å². The molecule has 3 aromatic rings. The van der Waals surface area contributed by atoms with Gasteiger partial charge in [-0.25, -0.2) is 0 Å². The predicted molar refractivity (Wildman–Crippen MR) is 137 cm³/mol. The molecule has 0 N–H and O–H groups in total. The van der Waals surface area contributed by atoms with Crippen LogP contribution in [0.1, 0.15) is 17.3 Å². The molecule has 2 heterocycles. The summed E-state index contributed by atoms with van der Waals surface area (Å²) in [6, 6.07) is 18.5. The molecule has 188 valence electrons. The number of likely N-dealkylation sites (N-methyl/N-ethyl adjacent to an activating group) is 1. The Morgan fingerprint density at radius 1 is 0.889 bits per heavy atom. The summed E-state index contributed by atoms with van der Waals surface area (Å²) in [5.41, 5.74) is 2.20. The van der Waals surface area contributed by atoms with Crippen LogP contribution in [0.25, 0.3) is 11.3 Å². The van der Waals surface area contributed by atoms with E-state index in [2.05, 4.69) is 15.1 Å². The molecule has 0 unspecified atom stereocenters. The maximum atomic E-state index is 12.9. The Bertz CT molecular complexity index is 1180. The van der Waals surface area contributed by atoms with Crippen LogP contribution in [0, 0.1) is 0 Å². The number of amides is 2. The summed E-state index contributed by atoms with van der Waals surface area (Å²) < 4.78 is 10.7. The van der Waals surface area contributed by atoms with Gasteiger partial charge in [0.05, 0.1) is 19.9 Å². The SMILES string of the molecule is CCN(CC(=O)N1CCN(c2ccc(-c3ccc(OC)c(OC)c3)nn2)CC1)C(=O)c1ccccc1. The van der Waals surface area contributed by atoms with Crippen LogP contribution in [0.15, 0.2) is 60.7 Å². The van der Waals surface area contributed by atoms with E-state index in [0.717, 1.165) is 17.1 Å². The molecule has 1 fully saturated rings. The Balaban J connectivity index is 1.34. The first-order chi connectivity index (χ1) is 17.5. The molecule has 2 aromatic carbocycles. The first-order valence-corrected chi connectivity index (χ1v) is 12.0. The van der Waals surface area contributed by atoms with Gasteiger partial charge in [0, 0.05) is 43.9 Å². The summed E-state index contributed by atoms with van der Waals surface area (Å²) in [7, 11) is 3.20. The summed E-state index contributed by atoms with van der Waals surface area (Å²) in [6.07, 6.45) is 0. The van der Waals surface area contributed by atoms with Gasteiger partial charge in [-0.2, -0.15) is 0 Å². The number of methoxy groups -OCH3 is 2. The minimum atomic E-state index is -0.130. The molecule has 36 heavy (non-hydrogen) atoms. The van der Waals surface area contributed by atoms with Crippen LogP contribution in [-0.4, -0.2) is 85.3 Å². The number of carbonyl (C=O) groups is 2. The lowest BCUT2D eigenvalue weighted by Gasteiger charge is -2.36. The molecule has 1 saturated heterocycles. The number of nitrogens with zero attached hydrogens (tertiary/aromatic N) is 5. The fourth-order valence-electron chi connectivity index (χ4n) is 4.18. The second-order valence-electron chi connectivity index (χ2n) is 8.40. The monoisotopic (exact) mass is 489 g/mol. The largest absolute Gasteiger partial charge is 0.493 e. The number of hydrogen-bond acceptors (Lipinski definition) is 7. The van der Waals surface area contributed by atoms with Crippen molar-refractivity contribution >= 4 is 17.6 Å². The Morgan fingerprint density at radius 3 is 2.22 bits per heavy atom.